The summed E-state index contributed by atoms with van der Waals surface area (Å²) in [6.07, 6.45) is 4.12. The number of nitrogens with two attached hydrogens (primary N) is 1. The van der Waals surface area contributed by atoms with Crippen LogP contribution >= 0.6 is 15.9 Å². The number of hydrogen-bond donors (Lipinski definition) is 4. The molecule has 0 aliphatic heterocycles. The normalized spacial score (nSPS) is 23.7. The van der Waals surface area contributed by atoms with Crippen LogP contribution in [0.25, 0.3) is 0 Å². The van der Waals surface area contributed by atoms with E-state index in [0.717, 1.165) is 30.3 Å². The van der Waals surface area contributed by atoms with Crippen LogP contribution in [0, 0.1) is 5.92 Å². The second kappa shape index (κ2) is 5.61. The minimum absolute atomic E-state index is 0.142. The number of aromatic nitrogens is 2. The second-order valence-corrected chi connectivity index (χ2v) is 5.04. The number of aliphatic hydroxyl groups excluding tert-OH is 1. The number of nitrogens with one attached hydrogen (secondary N) is 2. The molecule has 2 atom stereocenters. The van der Waals surface area contributed by atoms with Gasteiger partial charge >= 0.3 is 0 Å². The second-order valence-electron chi connectivity index (χ2n) is 4.24. The first-order valence-corrected chi connectivity index (χ1v) is 6.39. The molecule has 1 aliphatic rings. The highest BCUT2D eigenvalue weighted by molar-refractivity contribution is 9.10. The summed E-state index contributed by atoms with van der Waals surface area (Å²) in [4.78, 5) is 8.11. The Morgan fingerprint density at radius 1 is 1.41 bits per heavy atom. The average Bonchev–Trinajstić information content (AvgIpc) is 2.74. The number of hydrogen-bond acceptors (Lipinski definition) is 6. The summed E-state index contributed by atoms with van der Waals surface area (Å²) in [6, 6.07) is 0. The molecule has 1 aromatic rings. The summed E-state index contributed by atoms with van der Waals surface area (Å²) in [5.41, 5.74) is 2.49. The molecule has 1 aliphatic carbocycles. The van der Waals surface area contributed by atoms with Gasteiger partial charge in [-0.05, 0) is 41.1 Å². The van der Waals surface area contributed by atoms with Crippen molar-refractivity contribution in [1.29, 1.82) is 0 Å². The largest absolute Gasteiger partial charge is 0.393 e. The fourth-order valence-electron chi connectivity index (χ4n) is 2.07. The predicted octanol–water partition coefficient (Wildman–Crippen LogP) is 1.10. The van der Waals surface area contributed by atoms with Gasteiger partial charge in [0.25, 0.3) is 0 Å². The number of nitrogens with zero attached hydrogens (tertiary/aromatic N) is 2. The zero-order chi connectivity index (χ0) is 12.3. The first-order chi connectivity index (χ1) is 8.20. The lowest BCUT2D eigenvalue weighted by Crippen LogP contribution is -2.15. The van der Waals surface area contributed by atoms with E-state index in [2.05, 4.69) is 36.6 Å². The molecule has 7 heteroatoms. The topological polar surface area (TPSA) is 96.1 Å². The van der Waals surface area contributed by atoms with E-state index in [1.54, 1.807) is 0 Å². The Kier molecular flexibility index (Phi) is 4.14. The minimum atomic E-state index is -0.142. The zero-order valence-corrected chi connectivity index (χ0v) is 10.9. The highest BCUT2D eigenvalue weighted by atomic mass is 79.9. The SMILES string of the molecule is NNc1ncnc(NCC2CCC(O)C2)c1Br. The Hall–Kier alpha value is -0.920. The molecule has 5 N–H and O–H groups in total. The third-order valence-electron chi connectivity index (χ3n) is 3.00. The smallest absolute Gasteiger partial charge is 0.159 e. The van der Waals surface area contributed by atoms with Crippen LogP contribution in [0.3, 0.4) is 0 Å². The van der Waals surface area contributed by atoms with Crippen LogP contribution in [0.5, 0.6) is 0 Å². The van der Waals surface area contributed by atoms with Crippen molar-refractivity contribution in [3.8, 4) is 0 Å². The number of anilines is 2. The van der Waals surface area contributed by atoms with Gasteiger partial charge in [0.2, 0.25) is 0 Å². The monoisotopic (exact) mass is 301 g/mol. The molecule has 1 saturated carbocycles. The van der Waals surface area contributed by atoms with Gasteiger partial charge in [-0.2, -0.15) is 0 Å². The fourth-order valence-corrected chi connectivity index (χ4v) is 2.53. The van der Waals surface area contributed by atoms with Gasteiger partial charge in [-0.3, -0.25) is 0 Å². The van der Waals surface area contributed by atoms with Gasteiger partial charge in [0.05, 0.1) is 6.10 Å². The Morgan fingerprint density at radius 2 is 2.18 bits per heavy atom. The van der Waals surface area contributed by atoms with Crippen molar-refractivity contribution in [2.75, 3.05) is 17.3 Å². The minimum Gasteiger partial charge on any atom is -0.393 e. The van der Waals surface area contributed by atoms with Crippen LogP contribution in [0.1, 0.15) is 19.3 Å². The molecule has 17 heavy (non-hydrogen) atoms. The average molecular weight is 302 g/mol. The van der Waals surface area contributed by atoms with E-state index in [-0.39, 0.29) is 6.10 Å². The van der Waals surface area contributed by atoms with Gasteiger partial charge in [0.1, 0.15) is 16.6 Å². The summed E-state index contributed by atoms with van der Waals surface area (Å²) in [7, 11) is 0. The van der Waals surface area contributed by atoms with Crippen LogP contribution in [0.15, 0.2) is 10.8 Å². The molecular weight excluding hydrogens is 286 g/mol. The van der Waals surface area contributed by atoms with E-state index in [4.69, 9.17) is 5.84 Å². The quantitative estimate of drug-likeness (QED) is 0.491. The third kappa shape index (κ3) is 3.05. The lowest BCUT2D eigenvalue weighted by Gasteiger charge is -2.13. The van der Waals surface area contributed by atoms with Crippen LogP contribution in [-0.2, 0) is 0 Å². The maximum atomic E-state index is 9.44. The van der Waals surface area contributed by atoms with E-state index in [1.807, 2.05) is 0 Å². The van der Waals surface area contributed by atoms with Crippen LogP contribution in [0.4, 0.5) is 11.6 Å². The van der Waals surface area contributed by atoms with Crippen LogP contribution in [0.2, 0.25) is 0 Å². The van der Waals surface area contributed by atoms with Crippen LogP contribution < -0.4 is 16.6 Å². The molecule has 1 heterocycles. The highest BCUT2D eigenvalue weighted by Crippen LogP contribution is 2.28. The van der Waals surface area contributed by atoms with E-state index >= 15 is 0 Å². The van der Waals surface area contributed by atoms with Gasteiger partial charge in [-0.1, -0.05) is 0 Å². The summed E-state index contributed by atoms with van der Waals surface area (Å²) in [6.45, 7) is 0.802. The predicted molar refractivity (Wildman–Crippen MR) is 69.4 cm³/mol. The molecular formula is C10H16BrN5O. The van der Waals surface area contributed by atoms with Gasteiger partial charge in [0, 0.05) is 6.54 Å². The molecule has 6 nitrogen and oxygen atoms in total. The third-order valence-corrected chi connectivity index (χ3v) is 3.75. The van der Waals surface area contributed by atoms with Crippen molar-refractivity contribution in [2.24, 2.45) is 11.8 Å². The summed E-state index contributed by atoms with van der Waals surface area (Å²) < 4.78 is 0.723. The van der Waals surface area contributed by atoms with Crippen molar-refractivity contribution in [3.05, 3.63) is 10.8 Å². The molecule has 0 amide bonds. The van der Waals surface area contributed by atoms with E-state index in [0.29, 0.717) is 17.6 Å². The maximum absolute atomic E-state index is 9.44. The Morgan fingerprint density at radius 3 is 2.82 bits per heavy atom. The molecule has 0 radical (unpaired) electrons. The molecule has 2 rings (SSSR count). The van der Waals surface area contributed by atoms with E-state index in [1.165, 1.54) is 6.33 Å². The molecule has 0 aromatic carbocycles. The maximum Gasteiger partial charge on any atom is 0.159 e. The van der Waals surface area contributed by atoms with Gasteiger partial charge in [-0.15, -0.1) is 0 Å². The van der Waals surface area contributed by atoms with Gasteiger partial charge in [-0.25, -0.2) is 15.8 Å². The Bertz CT molecular complexity index is 389. The molecule has 0 spiro atoms. The summed E-state index contributed by atoms with van der Waals surface area (Å²) >= 11 is 3.38. The van der Waals surface area contributed by atoms with Crippen molar-refractivity contribution in [3.63, 3.8) is 0 Å². The lowest BCUT2D eigenvalue weighted by molar-refractivity contribution is 0.178. The van der Waals surface area contributed by atoms with Crippen molar-refractivity contribution in [2.45, 2.75) is 25.4 Å². The van der Waals surface area contributed by atoms with Crippen molar-refractivity contribution in [1.82, 2.24) is 9.97 Å². The number of rotatable bonds is 4. The molecule has 0 saturated heterocycles. The number of halogens is 1. The summed E-state index contributed by atoms with van der Waals surface area (Å²) in [5, 5.41) is 12.7. The highest BCUT2D eigenvalue weighted by Gasteiger charge is 2.22. The Balaban J connectivity index is 1.95. The standard InChI is InChI=1S/C10H16BrN5O/c11-8-9(14-5-15-10(8)16-12)13-4-6-1-2-7(17)3-6/h5-7,17H,1-4,12H2,(H2,13,14,15,16). The number of nitrogen functional groups attached to an aromatic ring is 1. The van der Waals surface area contributed by atoms with Crippen molar-refractivity contribution >= 4 is 27.6 Å². The van der Waals surface area contributed by atoms with E-state index in [9.17, 15) is 5.11 Å². The molecule has 1 aromatic heterocycles. The number of aliphatic hydroxyl groups is 1. The van der Waals surface area contributed by atoms with Gasteiger partial charge in [0.15, 0.2) is 5.82 Å². The molecule has 2 unspecified atom stereocenters. The van der Waals surface area contributed by atoms with Crippen molar-refractivity contribution < 1.29 is 5.11 Å². The first-order valence-electron chi connectivity index (χ1n) is 5.59. The Labute approximate surface area is 108 Å². The lowest BCUT2D eigenvalue weighted by atomic mass is 10.1. The molecule has 94 valence electrons. The van der Waals surface area contributed by atoms with Crippen LogP contribution in [-0.4, -0.2) is 27.7 Å². The fraction of sp³-hybridized carbons (Fsp3) is 0.600. The zero-order valence-electron chi connectivity index (χ0n) is 9.36. The van der Waals surface area contributed by atoms with E-state index < -0.39 is 0 Å². The molecule has 0 bridgehead atoms. The number of hydrazine groups is 1. The summed E-state index contributed by atoms with van der Waals surface area (Å²) in [5.74, 6) is 7.09. The van der Waals surface area contributed by atoms with Gasteiger partial charge < -0.3 is 15.8 Å². The molecule has 1 fully saturated rings. The first kappa shape index (κ1) is 12.5.